The summed E-state index contributed by atoms with van der Waals surface area (Å²) < 4.78 is 13.2. The summed E-state index contributed by atoms with van der Waals surface area (Å²) >= 11 is 0. The zero-order valence-electron chi connectivity index (χ0n) is 11.1. The first-order valence-electron chi connectivity index (χ1n) is 6.68. The van der Waals surface area contributed by atoms with Crippen LogP contribution in [0.5, 0.6) is 0 Å². The van der Waals surface area contributed by atoms with Crippen LogP contribution < -0.4 is 5.32 Å². The number of nitrogens with zero attached hydrogens (tertiary/aromatic N) is 1. The monoisotopic (exact) mass is 266 g/mol. The molecule has 0 spiro atoms. The number of rotatable bonds is 4. The van der Waals surface area contributed by atoms with Gasteiger partial charge in [-0.3, -0.25) is 10.1 Å². The molecule has 4 nitrogen and oxygen atoms in total. The molecule has 0 saturated heterocycles. The summed E-state index contributed by atoms with van der Waals surface area (Å²) in [5.74, 6) is -0.434. The van der Waals surface area contributed by atoms with E-state index in [9.17, 15) is 14.5 Å². The van der Waals surface area contributed by atoms with Crippen molar-refractivity contribution in [2.24, 2.45) is 0 Å². The number of nitrogens with one attached hydrogen (secondary N) is 1. The van der Waals surface area contributed by atoms with Crippen molar-refractivity contribution in [2.75, 3.05) is 0 Å². The Hall–Kier alpha value is -1.49. The fourth-order valence-electron chi connectivity index (χ4n) is 2.69. The molecule has 1 saturated carbocycles. The second-order valence-corrected chi connectivity index (χ2v) is 5.51. The summed E-state index contributed by atoms with van der Waals surface area (Å²) in [6.45, 7) is 2.47. The van der Waals surface area contributed by atoms with Crippen LogP contribution in [0.2, 0.25) is 0 Å². The normalized spacial score (nSPS) is 18.2. The van der Waals surface area contributed by atoms with Crippen LogP contribution in [-0.4, -0.2) is 10.5 Å². The molecular formula is C14H19FN2O2. The minimum Gasteiger partial charge on any atom is -0.307 e. The quantitative estimate of drug-likeness (QED) is 0.669. The number of nitro benzene ring substituents is 1. The smallest absolute Gasteiger partial charge is 0.274 e. The molecular weight excluding hydrogens is 247 g/mol. The molecule has 1 aliphatic rings. The highest BCUT2D eigenvalue weighted by atomic mass is 19.1. The van der Waals surface area contributed by atoms with E-state index >= 15 is 0 Å². The van der Waals surface area contributed by atoms with Crippen molar-refractivity contribution in [1.82, 2.24) is 5.32 Å². The first kappa shape index (κ1) is 13.9. The van der Waals surface area contributed by atoms with Gasteiger partial charge in [-0.2, -0.15) is 0 Å². The van der Waals surface area contributed by atoms with Crippen LogP contribution >= 0.6 is 0 Å². The molecule has 1 aliphatic carbocycles. The number of halogens is 1. The number of hydrogen-bond acceptors (Lipinski definition) is 3. The van der Waals surface area contributed by atoms with Gasteiger partial charge in [0.25, 0.3) is 5.69 Å². The summed E-state index contributed by atoms with van der Waals surface area (Å²) in [5, 5.41) is 14.3. The highest BCUT2D eigenvalue weighted by molar-refractivity contribution is 5.40. The van der Waals surface area contributed by atoms with Gasteiger partial charge >= 0.3 is 0 Å². The van der Waals surface area contributed by atoms with Crippen molar-refractivity contribution in [2.45, 2.75) is 51.1 Å². The standard InChI is InChI=1S/C14H19FN2O2/c1-14(7-3-2-4-8-14)16-10-11-9-12(15)5-6-13(11)17(18)19/h5-6,9,16H,2-4,7-8,10H2,1H3. The van der Waals surface area contributed by atoms with Gasteiger partial charge in [-0.25, -0.2) is 4.39 Å². The third kappa shape index (κ3) is 3.50. The largest absolute Gasteiger partial charge is 0.307 e. The average Bonchev–Trinajstić information content (AvgIpc) is 2.37. The van der Waals surface area contributed by atoms with Crippen LogP contribution in [0.4, 0.5) is 10.1 Å². The Morgan fingerprint density at radius 3 is 2.68 bits per heavy atom. The lowest BCUT2D eigenvalue weighted by molar-refractivity contribution is -0.385. The van der Waals surface area contributed by atoms with Crippen molar-refractivity contribution < 1.29 is 9.31 Å². The van der Waals surface area contributed by atoms with E-state index in [1.165, 1.54) is 31.4 Å². The van der Waals surface area contributed by atoms with Crippen molar-refractivity contribution in [1.29, 1.82) is 0 Å². The second kappa shape index (κ2) is 5.65. The molecule has 0 radical (unpaired) electrons. The zero-order chi connectivity index (χ0) is 13.9. The summed E-state index contributed by atoms with van der Waals surface area (Å²) in [5.41, 5.74) is 0.406. The van der Waals surface area contributed by atoms with Gasteiger partial charge in [0.05, 0.1) is 4.92 Å². The molecule has 1 fully saturated rings. The van der Waals surface area contributed by atoms with Gasteiger partial charge in [0.2, 0.25) is 0 Å². The Labute approximate surface area is 112 Å². The van der Waals surface area contributed by atoms with Gasteiger partial charge in [-0.15, -0.1) is 0 Å². The molecule has 0 amide bonds. The molecule has 0 aromatic heterocycles. The van der Waals surface area contributed by atoms with E-state index in [-0.39, 0.29) is 11.2 Å². The maximum atomic E-state index is 13.2. The van der Waals surface area contributed by atoms with E-state index in [1.54, 1.807) is 0 Å². The van der Waals surface area contributed by atoms with E-state index in [2.05, 4.69) is 12.2 Å². The summed E-state index contributed by atoms with van der Waals surface area (Å²) in [7, 11) is 0. The van der Waals surface area contributed by atoms with Crippen molar-refractivity contribution in [3.05, 3.63) is 39.7 Å². The van der Waals surface area contributed by atoms with Crippen molar-refractivity contribution >= 4 is 5.69 Å². The predicted octanol–water partition coefficient (Wildman–Crippen LogP) is 3.55. The maximum absolute atomic E-state index is 13.2. The minimum absolute atomic E-state index is 0.0123. The molecule has 0 atom stereocenters. The topological polar surface area (TPSA) is 55.2 Å². The fraction of sp³-hybridized carbons (Fsp3) is 0.571. The number of hydrogen-bond donors (Lipinski definition) is 1. The molecule has 0 aliphatic heterocycles. The van der Waals surface area contributed by atoms with Crippen LogP contribution in [0, 0.1) is 15.9 Å². The van der Waals surface area contributed by atoms with E-state index in [0.29, 0.717) is 12.1 Å². The van der Waals surface area contributed by atoms with Crippen LogP contribution in [0.1, 0.15) is 44.6 Å². The molecule has 0 heterocycles. The molecule has 19 heavy (non-hydrogen) atoms. The molecule has 0 bridgehead atoms. The van der Waals surface area contributed by atoms with E-state index in [0.717, 1.165) is 18.9 Å². The summed E-state index contributed by atoms with van der Waals surface area (Å²) in [6.07, 6.45) is 5.73. The molecule has 104 valence electrons. The van der Waals surface area contributed by atoms with E-state index in [4.69, 9.17) is 0 Å². The van der Waals surface area contributed by atoms with Crippen LogP contribution in [0.15, 0.2) is 18.2 Å². The lowest BCUT2D eigenvalue weighted by atomic mass is 9.83. The molecule has 5 heteroatoms. The SMILES string of the molecule is CC1(NCc2cc(F)ccc2[N+](=O)[O-])CCCCC1. The zero-order valence-corrected chi connectivity index (χ0v) is 11.1. The Morgan fingerprint density at radius 2 is 2.05 bits per heavy atom. The van der Waals surface area contributed by atoms with Gasteiger partial charge < -0.3 is 5.32 Å². The molecule has 1 N–H and O–H groups in total. The Bertz CT molecular complexity index is 471. The first-order valence-corrected chi connectivity index (χ1v) is 6.68. The maximum Gasteiger partial charge on any atom is 0.274 e. The highest BCUT2D eigenvalue weighted by Gasteiger charge is 2.27. The van der Waals surface area contributed by atoms with Gasteiger partial charge in [-0.05, 0) is 31.9 Å². The predicted molar refractivity (Wildman–Crippen MR) is 71.4 cm³/mol. The average molecular weight is 266 g/mol. The van der Waals surface area contributed by atoms with Crippen LogP contribution in [0.3, 0.4) is 0 Å². The lowest BCUT2D eigenvalue weighted by Crippen LogP contribution is -2.43. The third-order valence-corrected chi connectivity index (χ3v) is 3.90. The van der Waals surface area contributed by atoms with Gasteiger partial charge in [0.15, 0.2) is 0 Å². The van der Waals surface area contributed by atoms with Gasteiger partial charge in [-0.1, -0.05) is 19.3 Å². The van der Waals surface area contributed by atoms with E-state index in [1.807, 2.05) is 0 Å². The highest BCUT2D eigenvalue weighted by Crippen LogP contribution is 2.28. The van der Waals surface area contributed by atoms with Crippen LogP contribution in [0.25, 0.3) is 0 Å². The fourth-order valence-corrected chi connectivity index (χ4v) is 2.69. The Kier molecular flexibility index (Phi) is 4.14. The number of benzene rings is 1. The summed E-state index contributed by atoms with van der Waals surface area (Å²) in [4.78, 5) is 10.5. The first-order chi connectivity index (χ1) is 9.00. The van der Waals surface area contributed by atoms with Gasteiger partial charge in [0, 0.05) is 23.7 Å². The minimum atomic E-state index is -0.459. The van der Waals surface area contributed by atoms with Crippen LogP contribution in [-0.2, 0) is 6.54 Å². The van der Waals surface area contributed by atoms with Crippen molar-refractivity contribution in [3.8, 4) is 0 Å². The molecule has 0 unspecified atom stereocenters. The summed E-state index contributed by atoms with van der Waals surface area (Å²) in [6, 6.07) is 3.61. The molecule has 1 aromatic carbocycles. The second-order valence-electron chi connectivity index (χ2n) is 5.51. The van der Waals surface area contributed by atoms with Gasteiger partial charge in [0.1, 0.15) is 5.82 Å². The Balaban J connectivity index is 2.10. The van der Waals surface area contributed by atoms with Crippen molar-refractivity contribution in [3.63, 3.8) is 0 Å². The lowest BCUT2D eigenvalue weighted by Gasteiger charge is -2.34. The molecule has 2 rings (SSSR count). The Morgan fingerprint density at radius 1 is 1.37 bits per heavy atom. The number of nitro groups is 1. The molecule has 1 aromatic rings. The third-order valence-electron chi connectivity index (χ3n) is 3.90. The van der Waals surface area contributed by atoms with E-state index < -0.39 is 10.7 Å².